The Morgan fingerprint density at radius 3 is 2.86 bits per heavy atom. The number of tetrazole rings is 1. The fourth-order valence-corrected chi connectivity index (χ4v) is 1.83. The monoisotopic (exact) mass is 324 g/mol. The van der Waals surface area contributed by atoms with Crippen LogP contribution in [0.2, 0.25) is 5.02 Å². The van der Waals surface area contributed by atoms with Gasteiger partial charge in [-0.3, -0.25) is 15.4 Å². The van der Waals surface area contributed by atoms with Gasteiger partial charge in [-0.1, -0.05) is 22.8 Å². The molecule has 0 bridgehead atoms. The molecule has 2 N–H and O–H groups in total. The van der Waals surface area contributed by atoms with Crippen LogP contribution in [0.3, 0.4) is 0 Å². The number of nitrogens with one attached hydrogen (secondary N) is 2. The highest BCUT2D eigenvalue weighted by atomic mass is 35.5. The summed E-state index contributed by atoms with van der Waals surface area (Å²) in [6.45, 7) is 4.33. The molecule has 7 nitrogen and oxygen atoms in total. The van der Waals surface area contributed by atoms with E-state index in [-0.39, 0.29) is 17.0 Å². The number of aryl methyl sites for hydroxylation is 2. The van der Waals surface area contributed by atoms with E-state index in [2.05, 4.69) is 26.0 Å². The van der Waals surface area contributed by atoms with E-state index in [1.807, 2.05) is 13.8 Å². The number of carbonyl (C=O) groups excluding carboxylic acids is 1. The van der Waals surface area contributed by atoms with Crippen molar-refractivity contribution in [3.63, 3.8) is 0 Å². The lowest BCUT2D eigenvalue weighted by atomic mass is 10.1. The molecular weight excluding hydrogens is 312 g/mol. The third kappa shape index (κ3) is 3.96. The number of rotatable bonds is 3. The van der Waals surface area contributed by atoms with Crippen molar-refractivity contribution in [1.82, 2.24) is 25.5 Å². The van der Waals surface area contributed by atoms with Crippen LogP contribution in [0.15, 0.2) is 18.2 Å². The zero-order chi connectivity index (χ0) is 15.4. The van der Waals surface area contributed by atoms with Crippen LogP contribution in [0.5, 0.6) is 0 Å². The van der Waals surface area contributed by atoms with Crippen LogP contribution >= 0.6 is 23.8 Å². The molecular formula is C12H13ClN6OS. The maximum Gasteiger partial charge on any atom is 0.269 e. The van der Waals surface area contributed by atoms with Crippen molar-refractivity contribution in [3.05, 3.63) is 34.3 Å². The Kier molecular flexibility index (Phi) is 4.81. The van der Waals surface area contributed by atoms with Gasteiger partial charge in [0, 0.05) is 10.6 Å². The van der Waals surface area contributed by atoms with Gasteiger partial charge in [0.15, 0.2) is 5.11 Å². The van der Waals surface area contributed by atoms with E-state index in [1.54, 1.807) is 18.2 Å². The number of hydrogen-bond donors (Lipinski definition) is 2. The molecule has 0 unspecified atom stereocenters. The van der Waals surface area contributed by atoms with Gasteiger partial charge in [0.25, 0.3) is 11.9 Å². The van der Waals surface area contributed by atoms with Gasteiger partial charge >= 0.3 is 0 Å². The molecule has 1 aromatic carbocycles. The van der Waals surface area contributed by atoms with Crippen LogP contribution in [-0.4, -0.2) is 31.2 Å². The van der Waals surface area contributed by atoms with Crippen molar-refractivity contribution < 1.29 is 4.79 Å². The summed E-state index contributed by atoms with van der Waals surface area (Å²) >= 11 is 11.0. The van der Waals surface area contributed by atoms with Crippen LogP contribution in [0.25, 0.3) is 0 Å². The maximum absolute atomic E-state index is 12.0. The normalized spacial score (nSPS) is 10.2. The van der Waals surface area contributed by atoms with E-state index in [1.165, 1.54) is 4.80 Å². The minimum atomic E-state index is -0.364. The molecule has 2 rings (SSSR count). The molecule has 1 heterocycles. The van der Waals surface area contributed by atoms with E-state index >= 15 is 0 Å². The van der Waals surface area contributed by atoms with Gasteiger partial charge in [-0.05, 0) is 49.0 Å². The van der Waals surface area contributed by atoms with Crippen molar-refractivity contribution >= 4 is 40.8 Å². The third-order valence-electron chi connectivity index (χ3n) is 2.62. The van der Waals surface area contributed by atoms with Crippen molar-refractivity contribution in [2.24, 2.45) is 0 Å². The Hall–Kier alpha value is -2.06. The molecule has 0 fully saturated rings. The lowest BCUT2D eigenvalue weighted by Crippen LogP contribution is -2.34. The van der Waals surface area contributed by atoms with Crippen molar-refractivity contribution in [2.45, 2.75) is 20.4 Å². The Labute approximate surface area is 131 Å². The second-order valence-corrected chi connectivity index (χ2v) is 4.99. The van der Waals surface area contributed by atoms with Gasteiger partial charge in [-0.25, -0.2) is 0 Å². The first kappa shape index (κ1) is 15.3. The number of amides is 1. The molecule has 1 aromatic heterocycles. The van der Waals surface area contributed by atoms with Gasteiger partial charge in [0.05, 0.1) is 6.54 Å². The first-order chi connectivity index (χ1) is 9.99. The minimum Gasteiger partial charge on any atom is -0.299 e. The Bertz CT molecular complexity index is 686. The summed E-state index contributed by atoms with van der Waals surface area (Å²) < 4.78 is 0. The standard InChI is InChI=1S/C12H13ClN6OS/c1-3-19-17-11(16-18-19)15-12(21)14-10(20)8-5-4-7(2)9(13)6-8/h4-6H,3H2,1-2H3,(H2,14,15,17,20,21). The van der Waals surface area contributed by atoms with Gasteiger partial charge in [0.2, 0.25) is 0 Å². The van der Waals surface area contributed by atoms with Gasteiger partial charge in [-0.2, -0.15) is 4.80 Å². The zero-order valence-electron chi connectivity index (χ0n) is 11.4. The molecule has 0 aliphatic carbocycles. The zero-order valence-corrected chi connectivity index (χ0v) is 13.0. The second kappa shape index (κ2) is 6.59. The fourth-order valence-electron chi connectivity index (χ4n) is 1.47. The van der Waals surface area contributed by atoms with Crippen LogP contribution in [0.4, 0.5) is 5.95 Å². The average Bonchev–Trinajstić information content (AvgIpc) is 2.89. The topological polar surface area (TPSA) is 84.7 Å². The number of aromatic nitrogens is 4. The average molecular weight is 325 g/mol. The summed E-state index contributed by atoms with van der Waals surface area (Å²) in [5, 5.41) is 17.3. The number of nitrogens with zero attached hydrogens (tertiary/aromatic N) is 4. The summed E-state index contributed by atoms with van der Waals surface area (Å²) in [5.74, 6) is -0.138. The quantitative estimate of drug-likeness (QED) is 0.837. The van der Waals surface area contributed by atoms with Crippen LogP contribution in [0.1, 0.15) is 22.8 Å². The first-order valence-electron chi connectivity index (χ1n) is 6.16. The highest BCUT2D eigenvalue weighted by molar-refractivity contribution is 7.80. The molecule has 0 aliphatic rings. The molecule has 0 spiro atoms. The predicted molar refractivity (Wildman–Crippen MR) is 83.4 cm³/mol. The number of hydrogen-bond acceptors (Lipinski definition) is 5. The molecule has 0 radical (unpaired) electrons. The van der Waals surface area contributed by atoms with E-state index in [0.717, 1.165) is 5.56 Å². The summed E-state index contributed by atoms with van der Waals surface area (Å²) in [4.78, 5) is 13.4. The Balaban J connectivity index is 1.98. The van der Waals surface area contributed by atoms with E-state index < -0.39 is 0 Å². The SMILES string of the molecule is CCn1nnc(NC(=S)NC(=O)c2ccc(C)c(Cl)c2)n1. The first-order valence-corrected chi connectivity index (χ1v) is 6.94. The molecule has 9 heteroatoms. The lowest BCUT2D eigenvalue weighted by molar-refractivity contribution is 0.0977. The predicted octanol–water partition coefficient (Wildman–Crippen LogP) is 1.78. The summed E-state index contributed by atoms with van der Waals surface area (Å²) in [6.07, 6.45) is 0. The summed E-state index contributed by atoms with van der Waals surface area (Å²) in [7, 11) is 0. The molecule has 0 saturated heterocycles. The number of thiocarbonyl (C=S) groups is 1. The smallest absolute Gasteiger partial charge is 0.269 e. The molecule has 21 heavy (non-hydrogen) atoms. The molecule has 2 aromatic rings. The highest BCUT2D eigenvalue weighted by Crippen LogP contribution is 2.16. The molecule has 0 saturated carbocycles. The molecule has 0 atom stereocenters. The minimum absolute atomic E-state index is 0.0901. The highest BCUT2D eigenvalue weighted by Gasteiger charge is 2.11. The number of carbonyl (C=O) groups is 1. The van der Waals surface area contributed by atoms with Crippen molar-refractivity contribution in [1.29, 1.82) is 0 Å². The summed E-state index contributed by atoms with van der Waals surface area (Å²) in [6, 6.07) is 5.02. The second-order valence-electron chi connectivity index (χ2n) is 4.17. The van der Waals surface area contributed by atoms with Gasteiger partial charge in [0.1, 0.15) is 0 Å². The van der Waals surface area contributed by atoms with E-state index in [9.17, 15) is 4.79 Å². The van der Waals surface area contributed by atoms with E-state index in [4.69, 9.17) is 23.8 Å². The summed E-state index contributed by atoms with van der Waals surface area (Å²) in [5.41, 5.74) is 1.31. The number of benzene rings is 1. The molecule has 1 amide bonds. The largest absolute Gasteiger partial charge is 0.299 e. The Morgan fingerprint density at radius 2 is 2.24 bits per heavy atom. The Morgan fingerprint density at radius 1 is 1.48 bits per heavy atom. The number of anilines is 1. The van der Waals surface area contributed by atoms with Crippen LogP contribution < -0.4 is 10.6 Å². The van der Waals surface area contributed by atoms with Gasteiger partial charge in [-0.15, -0.1) is 5.10 Å². The number of halogens is 1. The molecule has 0 aliphatic heterocycles. The van der Waals surface area contributed by atoms with Crippen LogP contribution in [0, 0.1) is 6.92 Å². The van der Waals surface area contributed by atoms with E-state index in [0.29, 0.717) is 17.1 Å². The van der Waals surface area contributed by atoms with Crippen molar-refractivity contribution in [3.8, 4) is 0 Å². The maximum atomic E-state index is 12.0. The van der Waals surface area contributed by atoms with Crippen LogP contribution in [-0.2, 0) is 6.54 Å². The van der Waals surface area contributed by atoms with Crippen molar-refractivity contribution in [2.75, 3.05) is 5.32 Å². The molecule has 110 valence electrons. The van der Waals surface area contributed by atoms with Gasteiger partial charge < -0.3 is 0 Å². The fraction of sp³-hybridized carbons (Fsp3) is 0.250. The third-order valence-corrected chi connectivity index (χ3v) is 3.23. The lowest BCUT2D eigenvalue weighted by Gasteiger charge is -2.07.